The molecule has 1 heterocycles. The number of non-ortho nitro benzene ring substituents is 1. The van der Waals surface area contributed by atoms with Crippen molar-refractivity contribution in [2.24, 2.45) is 5.92 Å². The molecule has 0 unspecified atom stereocenters. The molecule has 9 heteroatoms. The summed E-state index contributed by atoms with van der Waals surface area (Å²) in [5.41, 5.74) is 0.217. The molecule has 0 bridgehead atoms. The predicted octanol–water partition coefficient (Wildman–Crippen LogP) is 1.20. The Morgan fingerprint density at radius 3 is 2.82 bits per heavy atom. The van der Waals surface area contributed by atoms with E-state index in [0.717, 1.165) is 6.26 Å². The van der Waals surface area contributed by atoms with Crippen molar-refractivity contribution in [1.82, 2.24) is 4.31 Å². The Kier molecular flexibility index (Phi) is 4.77. The number of hydrogen-bond acceptors (Lipinski definition) is 5. The number of piperidine rings is 1. The van der Waals surface area contributed by atoms with Crippen LogP contribution in [0.3, 0.4) is 0 Å². The first-order valence-corrected chi connectivity index (χ1v) is 8.62. The molecule has 1 aromatic rings. The number of nitro benzene ring substituents is 1. The fourth-order valence-electron chi connectivity index (χ4n) is 2.40. The zero-order chi connectivity index (χ0) is 16.3. The molecule has 22 heavy (non-hydrogen) atoms. The van der Waals surface area contributed by atoms with Gasteiger partial charge in [0, 0.05) is 30.9 Å². The second-order valence-corrected chi connectivity index (χ2v) is 7.24. The van der Waals surface area contributed by atoms with Gasteiger partial charge >= 0.3 is 0 Å². The summed E-state index contributed by atoms with van der Waals surface area (Å²) >= 11 is 0. The van der Waals surface area contributed by atoms with Gasteiger partial charge < -0.3 is 5.32 Å². The first-order valence-electron chi connectivity index (χ1n) is 6.78. The number of nitro groups is 1. The average Bonchev–Trinajstić information content (AvgIpc) is 2.46. The van der Waals surface area contributed by atoms with Crippen LogP contribution in [-0.2, 0) is 14.8 Å². The van der Waals surface area contributed by atoms with E-state index in [9.17, 15) is 23.3 Å². The van der Waals surface area contributed by atoms with Crippen molar-refractivity contribution in [3.63, 3.8) is 0 Å². The monoisotopic (exact) mass is 327 g/mol. The van der Waals surface area contributed by atoms with Gasteiger partial charge in [-0.15, -0.1) is 0 Å². The van der Waals surface area contributed by atoms with Crippen molar-refractivity contribution in [3.05, 3.63) is 34.4 Å². The number of amides is 1. The Balaban J connectivity index is 2.06. The van der Waals surface area contributed by atoms with Crippen molar-refractivity contribution < 1.29 is 18.1 Å². The van der Waals surface area contributed by atoms with Crippen LogP contribution in [0.4, 0.5) is 11.4 Å². The minimum Gasteiger partial charge on any atom is -0.326 e. The Labute approximate surface area is 128 Å². The smallest absolute Gasteiger partial charge is 0.271 e. The van der Waals surface area contributed by atoms with Crippen LogP contribution in [0.25, 0.3) is 0 Å². The van der Waals surface area contributed by atoms with Crippen molar-refractivity contribution in [3.8, 4) is 0 Å². The van der Waals surface area contributed by atoms with Crippen molar-refractivity contribution >= 4 is 27.3 Å². The number of nitrogens with one attached hydrogen (secondary N) is 1. The van der Waals surface area contributed by atoms with E-state index in [1.807, 2.05) is 0 Å². The van der Waals surface area contributed by atoms with E-state index in [1.54, 1.807) is 6.07 Å². The summed E-state index contributed by atoms with van der Waals surface area (Å²) < 4.78 is 24.4. The zero-order valence-electron chi connectivity index (χ0n) is 12.1. The van der Waals surface area contributed by atoms with E-state index in [-0.39, 0.29) is 18.1 Å². The minimum atomic E-state index is -3.32. The summed E-state index contributed by atoms with van der Waals surface area (Å²) in [5.74, 6) is -0.781. The van der Waals surface area contributed by atoms with Gasteiger partial charge in [0.25, 0.3) is 5.69 Å². The van der Waals surface area contributed by atoms with Crippen LogP contribution in [0.5, 0.6) is 0 Å². The van der Waals surface area contributed by atoms with Gasteiger partial charge in [0.2, 0.25) is 15.9 Å². The molecular weight excluding hydrogens is 310 g/mol. The summed E-state index contributed by atoms with van der Waals surface area (Å²) in [6.07, 6.45) is 2.32. The number of hydrogen-bond donors (Lipinski definition) is 1. The highest BCUT2D eigenvalue weighted by atomic mass is 32.2. The van der Waals surface area contributed by atoms with Crippen molar-refractivity contribution in [2.45, 2.75) is 12.8 Å². The highest BCUT2D eigenvalue weighted by Gasteiger charge is 2.30. The summed E-state index contributed by atoms with van der Waals surface area (Å²) in [6, 6.07) is 5.65. The topological polar surface area (TPSA) is 110 Å². The lowest BCUT2D eigenvalue weighted by molar-refractivity contribution is -0.384. The summed E-state index contributed by atoms with van der Waals surface area (Å²) in [6.45, 7) is 0.555. The Morgan fingerprint density at radius 2 is 2.18 bits per heavy atom. The van der Waals surface area contributed by atoms with Gasteiger partial charge in [0.05, 0.1) is 17.1 Å². The molecule has 0 aliphatic carbocycles. The highest BCUT2D eigenvalue weighted by molar-refractivity contribution is 7.88. The first-order chi connectivity index (χ1) is 10.3. The average molecular weight is 327 g/mol. The van der Waals surface area contributed by atoms with Gasteiger partial charge in [-0.2, -0.15) is 0 Å². The molecule has 2 rings (SSSR count). The van der Waals surface area contributed by atoms with Crippen molar-refractivity contribution in [1.29, 1.82) is 0 Å². The number of rotatable bonds is 4. The number of benzene rings is 1. The van der Waals surface area contributed by atoms with Gasteiger partial charge in [-0.3, -0.25) is 14.9 Å². The van der Waals surface area contributed by atoms with Gasteiger partial charge in [0.15, 0.2) is 0 Å². The molecule has 1 aromatic carbocycles. The van der Waals surface area contributed by atoms with Crippen LogP contribution in [0, 0.1) is 16.0 Å². The molecule has 0 radical (unpaired) electrons. The zero-order valence-corrected chi connectivity index (χ0v) is 12.9. The van der Waals surface area contributed by atoms with Crippen LogP contribution in [0.2, 0.25) is 0 Å². The second-order valence-electron chi connectivity index (χ2n) is 5.26. The molecule has 1 N–H and O–H groups in total. The molecular formula is C13H17N3O5S. The van der Waals surface area contributed by atoms with E-state index >= 15 is 0 Å². The fraction of sp³-hybridized carbons (Fsp3) is 0.462. The molecule has 1 atom stereocenters. The largest absolute Gasteiger partial charge is 0.326 e. The summed E-state index contributed by atoms with van der Waals surface area (Å²) in [4.78, 5) is 22.4. The molecule has 1 aliphatic heterocycles. The molecule has 1 aliphatic rings. The maximum atomic E-state index is 12.2. The number of carbonyl (C=O) groups is 1. The van der Waals surface area contributed by atoms with Gasteiger partial charge in [-0.25, -0.2) is 12.7 Å². The maximum Gasteiger partial charge on any atom is 0.271 e. The van der Waals surface area contributed by atoms with Gasteiger partial charge in [-0.1, -0.05) is 6.07 Å². The molecule has 1 amide bonds. The third-order valence-corrected chi connectivity index (χ3v) is 4.82. The van der Waals surface area contributed by atoms with E-state index in [1.165, 1.54) is 22.5 Å². The lowest BCUT2D eigenvalue weighted by Gasteiger charge is -2.30. The quantitative estimate of drug-likeness (QED) is 0.660. The van der Waals surface area contributed by atoms with Crippen LogP contribution in [-0.4, -0.2) is 42.9 Å². The molecule has 0 spiro atoms. The SMILES string of the molecule is CS(=O)(=O)N1CCC[C@H](C(=O)Nc2cccc([N+](=O)[O-])c2)C1. The third kappa shape index (κ3) is 4.01. The molecule has 8 nitrogen and oxygen atoms in total. The van der Waals surface area contributed by atoms with Crippen LogP contribution in [0.15, 0.2) is 24.3 Å². The highest BCUT2D eigenvalue weighted by Crippen LogP contribution is 2.22. The van der Waals surface area contributed by atoms with E-state index < -0.39 is 20.9 Å². The Hall–Kier alpha value is -2.00. The molecule has 120 valence electrons. The van der Waals surface area contributed by atoms with Crippen LogP contribution in [0.1, 0.15) is 12.8 Å². The predicted molar refractivity (Wildman–Crippen MR) is 80.9 cm³/mol. The molecule has 0 saturated carbocycles. The van der Waals surface area contributed by atoms with Crippen LogP contribution >= 0.6 is 0 Å². The number of nitrogens with zero attached hydrogens (tertiary/aromatic N) is 2. The Bertz CT molecular complexity index is 689. The lowest BCUT2D eigenvalue weighted by Crippen LogP contribution is -2.43. The minimum absolute atomic E-state index is 0.112. The van der Waals surface area contributed by atoms with Crippen molar-refractivity contribution in [2.75, 3.05) is 24.7 Å². The normalized spacial score (nSPS) is 19.6. The van der Waals surface area contributed by atoms with E-state index in [4.69, 9.17) is 0 Å². The fourth-order valence-corrected chi connectivity index (χ4v) is 3.31. The second kappa shape index (κ2) is 6.41. The number of carbonyl (C=O) groups excluding carboxylic acids is 1. The summed E-state index contributed by atoms with van der Waals surface area (Å²) in [7, 11) is -3.32. The number of sulfonamides is 1. The van der Waals surface area contributed by atoms with Gasteiger partial charge in [-0.05, 0) is 18.9 Å². The summed E-state index contributed by atoms with van der Waals surface area (Å²) in [5, 5.41) is 13.3. The molecule has 1 fully saturated rings. The van der Waals surface area contributed by atoms with E-state index in [0.29, 0.717) is 25.1 Å². The van der Waals surface area contributed by atoms with Gasteiger partial charge in [0.1, 0.15) is 0 Å². The third-order valence-electron chi connectivity index (χ3n) is 3.55. The van der Waals surface area contributed by atoms with Crippen LogP contribution < -0.4 is 5.32 Å². The number of anilines is 1. The molecule has 1 saturated heterocycles. The molecule has 0 aromatic heterocycles. The standard InChI is InChI=1S/C13H17N3O5S/c1-22(20,21)15-7-3-4-10(9-15)13(17)14-11-5-2-6-12(8-11)16(18)19/h2,5-6,8,10H,3-4,7,9H2,1H3,(H,14,17)/t10-/m0/s1. The first kappa shape index (κ1) is 16.4. The van der Waals surface area contributed by atoms with E-state index in [2.05, 4.69) is 5.32 Å². The Morgan fingerprint density at radius 1 is 1.45 bits per heavy atom. The maximum absolute atomic E-state index is 12.2. The lowest BCUT2D eigenvalue weighted by atomic mass is 9.98.